The Kier molecular flexibility index (Phi) is 3.25. The number of carbonyl (C=O) groups excluding carboxylic acids is 1. The highest BCUT2D eigenvalue weighted by atomic mass is 16.1. The number of benzene rings is 1. The maximum Gasteiger partial charge on any atom is 0.248 e. The van der Waals surface area contributed by atoms with Crippen LogP contribution in [0.15, 0.2) is 30.4 Å². The van der Waals surface area contributed by atoms with E-state index >= 15 is 0 Å². The molecule has 2 N–H and O–H groups in total. The molecule has 0 aromatic heterocycles. The van der Waals surface area contributed by atoms with Crippen LogP contribution in [0.25, 0.3) is 0 Å². The molecular formula is C13H16N2O. The van der Waals surface area contributed by atoms with E-state index in [-0.39, 0.29) is 5.91 Å². The molecule has 0 aliphatic carbocycles. The third kappa shape index (κ3) is 2.42. The lowest BCUT2D eigenvalue weighted by Crippen LogP contribution is -2.13. The van der Waals surface area contributed by atoms with Gasteiger partial charge in [0.05, 0.1) is 0 Å². The Morgan fingerprint density at radius 1 is 1.50 bits per heavy atom. The molecule has 3 heteroatoms. The molecule has 3 nitrogen and oxygen atoms in total. The van der Waals surface area contributed by atoms with Gasteiger partial charge in [0.15, 0.2) is 0 Å². The lowest BCUT2D eigenvalue weighted by atomic mass is 10.0. The van der Waals surface area contributed by atoms with Crippen molar-refractivity contribution in [2.45, 2.75) is 19.8 Å². The maximum atomic E-state index is 11.4. The average molecular weight is 216 g/mol. The van der Waals surface area contributed by atoms with Gasteiger partial charge in [0.2, 0.25) is 5.91 Å². The minimum absolute atomic E-state index is 0.0776. The molecule has 1 aliphatic heterocycles. The summed E-state index contributed by atoms with van der Waals surface area (Å²) < 4.78 is 0. The van der Waals surface area contributed by atoms with Gasteiger partial charge >= 0.3 is 0 Å². The van der Waals surface area contributed by atoms with Crippen molar-refractivity contribution in [3.05, 3.63) is 35.9 Å². The molecule has 0 spiro atoms. The van der Waals surface area contributed by atoms with Crippen LogP contribution in [0, 0.1) is 0 Å². The van der Waals surface area contributed by atoms with Gasteiger partial charge in [-0.3, -0.25) is 4.79 Å². The van der Waals surface area contributed by atoms with E-state index in [1.807, 2.05) is 25.1 Å². The van der Waals surface area contributed by atoms with Crippen molar-refractivity contribution in [2.75, 3.05) is 17.2 Å². The van der Waals surface area contributed by atoms with Gasteiger partial charge in [-0.25, -0.2) is 0 Å². The van der Waals surface area contributed by atoms with Crippen LogP contribution in [-0.2, 0) is 11.2 Å². The summed E-state index contributed by atoms with van der Waals surface area (Å²) in [5.74, 6) is -0.0776. The van der Waals surface area contributed by atoms with Crippen molar-refractivity contribution in [1.82, 2.24) is 0 Å². The van der Waals surface area contributed by atoms with Crippen molar-refractivity contribution in [3.8, 4) is 0 Å². The van der Waals surface area contributed by atoms with Crippen molar-refractivity contribution in [1.29, 1.82) is 0 Å². The summed E-state index contributed by atoms with van der Waals surface area (Å²) in [5.41, 5.74) is 3.34. The number of nitrogens with one attached hydrogen (secondary N) is 2. The second-order valence-corrected chi connectivity index (χ2v) is 3.89. The SMILES string of the molecule is C/C=C/C(=O)Nc1ccc2c(c1)CCCN2. The van der Waals surface area contributed by atoms with E-state index in [4.69, 9.17) is 0 Å². The van der Waals surface area contributed by atoms with E-state index in [1.165, 1.54) is 17.3 Å². The molecule has 0 atom stereocenters. The minimum atomic E-state index is -0.0776. The number of allylic oxidation sites excluding steroid dienone is 1. The number of rotatable bonds is 2. The van der Waals surface area contributed by atoms with E-state index in [2.05, 4.69) is 10.6 Å². The molecule has 1 heterocycles. The topological polar surface area (TPSA) is 41.1 Å². The number of carbonyl (C=O) groups is 1. The standard InChI is InChI=1S/C13H16N2O/c1-2-4-13(16)15-11-6-7-12-10(9-11)5-3-8-14-12/h2,4,6-7,9,14H,3,5,8H2,1H3,(H,15,16)/b4-2+. The Morgan fingerprint density at radius 2 is 2.38 bits per heavy atom. The quantitative estimate of drug-likeness (QED) is 0.746. The summed E-state index contributed by atoms with van der Waals surface area (Å²) >= 11 is 0. The van der Waals surface area contributed by atoms with E-state index in [0.717, 1.165) is 25.1 Å². The van der Waals surface area contributed by atoms with Crippen LogP contribution in [0.4, 0.5) is 11.4 Å². The summed E-state index contributed by atoms with van der Waals surface area (Å²) in [4.78, 5) is 11.4. The van der Waals surface area contributed by atoms with Gasteiger partial charge in [0.1, 0.15) is 0 Å². The highest BCUT2D eigenvalue weighted by Gasteiger charge is 2.09. The molecule has 2 rings (SSSR count). The highest BCUT2D eigenvalue weighted by Crippen LogP contribution is 2.24. The molecule has 0 saturated carbocycles. The van der Waals surface area contributed by atoms with Gasteiger partial charge in [-0.05, 0) is 49.6 Å². The van der Waals surface area contributed by atoms with Crippen LogP contribution in [0.5, 0.6) is 0 Å². The van der Waals surface area contributed by atoms with Crippen molar-refractivity contribution in [2.24, 2.45) is 0 Å². The minimum Gasteiger partial charge on any atom is -0.385 e. The van der Waals surface area contributed by atoms with Gasteiger partial charge in [-0.2, -0.15) is 0 Å². The zero-order chi connectivity index (χ0) is 11.4. The smallest absolute Gasteiger partial charge is 0.248 e. The van der Waals surface area contributed by atoms with Crippen LogP contribution in [0.2, 0.25) is 0 Å². The van der Waals surface area contributed by atoms with Crippen LogP contribution in [0.1, 0.15) is 18.9 Å². The fourth-order valence-electron chi connectivity index (χ4n) is 1.89. The molecule has 1 aliphatic rings. The largest absolute Gasteiger partial charge is 0.385 e. The van der Waals surface area contributed by atoms with E-state index in [1.54, 1.807) is 6.08 Å². The first-order chi connectivity index (χ1) is 7.79. The number of hydrogen-bond donors (Lipinski definition) is 2. The van der Waals surface area contributed by atoms with Crippen molar-refractivity contribution < 1.29 is 4.79 Å². The second-order valence-electron chi connectivity index (χ2n) is 3.89. The highest BCUT2D eigenvalue weighted by molar-refractivity contribution is 5.99. The predicted octanol–water partition coefficient (Wildman–Crippen LogP) is 2.56. The zero-order valence-electron chi connectivity index (χ0n) is 9.42. The van der Waals surface area contributed by atoms with Crippen LogP contribution < -0.4 is 10.6 Å². The Morgan fingerprint density at radius 3 is 3.19 bits per heavy atom. The van der Waals surface area contributed by atoms with Crippen LogP contribution >= 0.6 is 0 Å². The predicted molar refractivity (Wildman–Crippen MR) is 66.7 cm³/mol. The molecule has 84 valence electrons. The van der Waals surface area contributed by atoms with E-state index < -0.39 is 0 Å². The van der Waals surface area contributed by atoms with Gasteiger partial charge in [-0.15, -0.1) is 0 Å². The summed E-state index contributed by atoms with van der Waals surface area (Å²) in [6, 6.07) is 6.00. The third-order valence-electron chi connectivity index (χ3n) is 2.63. The van der Waals surface area contributed by atoms with Gasteiger partial charge in [0.25, 0.3) is 0 Å². The molecule has 0 fully saturated rings. The Hall–Kier alpha value is -1.77. The molecule has 0 saturated heterocycles. The zero-order valence-corrected chi connectivity index (χ0v) is 9.42. The first kappa shape index (κ1) is 10.7. The maximum absolute atomic E-state index is 11.4. The number of anilines is 2. The molecule has 0 bridgehead atoms. The molecule has 1 aromatic rings. The summed E-state index contributed by atoms with van der Waals surface area (Å²) in [6.45, 7) is 2.87. The monoisotopic (exact) mass is 216 g/mol. The van der Waals surface area contributed by atoms with E-state index in [0.29, 0.717) is 0 Å². The summed E-state index contributed by atoms with van der Waals surface area (Å²) in [6.07, 6.45) is 5.49. The lowest BCUT2D eigenvalue weighted by molar-refractivity contribution is -0.111. The van der Waals surface area contributed by atoms with Gasteiger partial charge in [-0.1, -0.05) is 6.08 Å². The first-order valence-corrected chi connectivity index (χ1v) is 5.60. The number of aryl methyl sites for hydroxylation is 1. The molecule has 16 heavy (non-hydrogen) atoms. The van der Waals surface area contributed by atoms with Gasteiger partial charge < -0.3 is 10.6 Å². The summed E-state index contributed by atoms with van der Waals surface area (Å²) in [5, 5.41) is 6.18. The molecule has 0 unspecified atom stereocenters. The number of fused-ring (bicyclic) bond motifs is 1. The number of hydrogen-bond acceptors (Lipinski definition) is 2. The van der Waals surface area contributed by atoms with Crippen molar-refractivity contribution in [3.63, 3.8) is 0 Å². The van der Waals surface area contributed by atoms with Gasteiger partial charge in [0, 0.05) is 17.9 Å². The Labute approximate surface area is 95.6 Å². The Balaban J connectivity index is 2.14. The van der Waals surface area contributed by atoms with Crippen LogP contribution in [0.3, 0.4) is 0 Å². The van der Waals surface area contributed by atoms with Crippen molar-refractivity contribution >= 4 is 17.3 Å². The lowest BCUT2D eigenvalue weighted by Gasteiger charge is -2.18. The molecule has 1 aromatic carbocycles. The third-order valence-corrected chi connectivity index (χ3v) is 2.63. The fourth-order valence-corrected chi connectivity index (χ4v) is 1.89. The fraction of sp³-hybridized carbons (Fsp3) is 0.308. The molecule has 0 radical (unpaired) electrons. The second kappa shape index (κ2) is 4.84. The summed E-state index contributed by atoms with van der Waals surface area (Å²) in [7, 11) is 0. The van der Waals surface area contributed by atoms with E-state index in [9.17, 15) is 4.79 Å². The molecular weight excluding hydrogens is 200 g/mol. The Bertz CT molecular complexity index is 424. The average Bonchev–Trinajstić information content (AvgIpc) is 2.29. The number of amides is 1. The molecule has 1 amide bonds. The van der Waals surface area contributed by atoms with Crippen LogP contribution in [-0.4, -0.2) is 12.5 Å². The normalized spacial score (nSPS) is 14.3. The first-order valence-electron chi connectivity index (χ1n) is 5.60.